The summed E-state index contributed by atoms with van der Waals surface area (Å²) in [7, 11) is -1.35. The molecule has 1 aromatic carbocycles. The summed E-state index contributed by atoms with van der Waals surface area (Å²) in [5, 5.41) is 16.6. The van der Waals surface area contributed by atoms with Crippen LogP contribution < -0.4 is 10.6 Å². The number of sulfonamides is 1. The Hall–Kier alpha value is -1.68. The van der Waals surface area contributed by atoms with Gasteiger partial charge in [0, 0.05) is 19.6 Å². The lowest BCUT2D eigenvalue weighted by Crippen LogP contribution is -2.69. The predicted molar refractivity (Wildman–Crippen MR) is 103 cm³/mol. The number of phenolic OH excluding ortho intramolecular Hbond substituents is 1. The number of carbonyl (C=O) groups excluding carboxylic acids is 2. The van der Waals surface area contributed by atoms with Gasteiger partial charge >= 0.3 is 0 Å². The Morgan fingerprint density at radius 3 is 2.29 bits per heavy atom. The van der Waals surface area contributed by atoms with Crippen LogP contribution in [0, 0.1) is 5.92 Å². The summed E-state index contributed by atoms with van der Waals surface area (Å²) >= 11 is 6.01. The first-order valence-electron chi connectivity index (χ1n) is 9.15. The van der Waals surface area contributed by atoms with Crippen LogP contribution in [0.3, 0.4) is 0 Å². The molecule has 4 rings (SSSR count). The van der Waals surface area contributed by atoms with Gasteiger partial charge in [0.1, 0.15) is 17.0 Å². The molecule has 8 nitrogen and oxygen atoms in total. The highest BCUT2D eigenvalue weighted by molar-refractivity contribution is 7.89. The van der Waals surface area contributed by atoms with Gasteiger partial charge in [0.05, 0.1) is 10.7 Å². The van der Waals surface area contributed by atoms with Gasteiger partial charge in [-0.25, -0.2) is 12.7 Å². The molecular weight excluding hydrogens is 406 g/mol. The number of aromatic hydroxyl groups is 1. The summed E-state index contributed by atoms with van der Waals surface area (Å²) in [5.74, 6) is -1.10. The maximum Gasteiger partial charge on any atom is 0.247 e. The smallest absolute Gasteiger partial charge is 0.247 e. The fraction of sp³-hybridized carbons (Fsp3) is 0.556. The molecule has 0 aromatic heterocycles. The Bertz CT molecular complexity index is 970. The minimum atomic E-state index is -4.00. The Morgan fingerprint density at radius 2 is 1.75 bits per heavy atom. The average Bonchev–Trinajstić information content (AvgIpc) is 3.52. The van der Waals surface area contributed by atoms with Gasteiger partial charge in [0.25, 0.3) is 0 Å². The van der Waals surface area contributed by atoms with Crippen LogP contribution in [0.2, 0.25) is 5.02 Å². The number of rotatable bonds is 7. The largest absolute Gasteiger partial charge is 0.504 e. The van der Waals surface area contributed by atoms with Crippen molar-refractivity contribution in [2.75, 3.05) is 19.4 Å². The predicted octanol–water partition coefficient (Wildman–Crippen LogP) is 1.13. The second kappa shape index (κ2) is 6.41. The number of benzene rings is 1. The van der Waals surface area contributed by atoms with Crippen LogP contribution in [0.1, 0.15) is 25.7 Å². The van der Waals surface area contributed by atoms with Gasteiger partial charge in [0.15, 0.2) is 5.75 Å². The van der Waals surface area contributed by atoms with E-state index >= 15 is 0 Å². The van der Waals surface area contributed by atoms with E-state index in [4.69, 9.17) is 11.6 Å². The third-order valence-corrected chi connectivity index (χ3v) is 8.18. The van der Waals surface area contributed by atoms with Crippen molar-refractivity contribution in [3.8, 4) is 5.75 Å². The minimum absolute atomic E-state index is 0.0405. The fourth-order valence-electron chi connectivity index (χ4n) is 3.82. The van der Waals surface area contributed by atoms with Gasteiger partial charge in [-0.15, -0.1) is 0 Å². The second-order valence-electron chi connectivity index (χ2n) is 7.96. The molecule has 10 heteroatoms. The van der Waals surface area contributed by atoms with Crippen LogP contribution in [0.5, 0.6) is 5.75 Å². The molecule has 0 aliphatic heterocycles. The molecule has 28 heavy (non-hydrogen) atoms. The van der Waals surface area contributed by atoms with Crippen LogP contribution in [0.4, 0.5) is 5.69 Å². The third kappa shape index (κ3) is 3.01. The number of ketones is 2. The highest BCUT2D eigenvalue weighted by Gasteiger charge is 2.59. The molecule has 3 aliphatic carbocycles. The van der Waals surface area contributed by atoms with E-state index in [9.17, 15) is 23.1 Å². The molecule has 152 valence electrons. The number of nitrogens with one attached hydrogen (secondary N) is 2. The van der Waals surface area contributed by atoms with Gasteiger partial charge in [-0.2, -0.15) is 0 Å². The number of nitrogens with zero attached hydrogens (tertiary/aromatic N) is 1. The Labute approximate surface area is 168 Å². The first kappa shape index (κ1) is 19.6. The van der Waals surface area contributed by atoms with Crippen molar-refractivity contribution in [1.29, 1.82) is 0 Å². The lowest BCUT2D eigenvalue weighted by Gasteiger charge is -2.38. The number of halogens is 1. The number of hydrogen-bond donors (Lipinski definition) is 3. The fourth-order valence-corrected chi connectivity index (χ4v) is 5.30. The highest BCUT2D eigenvalue weighted by atomic mass is 35.5. The van der Waals surface area contributed by atoms with Crippen molar-refractivity contribution < 1.29 is 23.1 Å². The van der Waals surface area contributed by atoms with Crippen LogP contribution in [-0.4, -0.2) is 61.1 Å². The van der Waals surface area contributed by atoms with Gasteiger partial charge in [-0.05, 0) is 43.7 Å². The summed E-state index contributed by atoms with van der Waals surface area (Å²) in [5.41, 5.74) is -0.0127. The van der Waals surface area contributed by atoms with Crippen LogP contribution in [0.15, 0.2) is 17.0 Å². The zero-order chi connectivity index (χ0) is 20.4. The van der Waals surface area contributed by atoms with Crippen molar-refractivity contribution in [3.05, 3.63) is 17.2 Å². The van der Waals surface area contributed by atoms with Crippen molar-refractivity contribution in [3.63, 3.8) is 0 Å². The van der Waals surface area contributed by atoms with Gasteiger partial charge < -0.3 is 10.4 Å². The Balaban J connectivity index is 1.60. The summed E-state index contributed by atoms with van der Waals surface area (Å²) < 4.78 is 25.9. The van der Waals surface area contributed by atoms with E-state index in [0.29, 0.717) is 5.92 Å². The molecule has 2 atom stereocenters. The van der Waals surface area contributed by atoms with E-state index in [2.05, 4.69) is 10.6 Å². The number of carbonyl (C=O) groups is 2. The quantitative estimate of drug-likeness (QED) is 0.441. The first-order valence-corrected chi connectivity index (χ1v) is 11.0. The van der Waals surface area contributed by atoms with Crippen molar-refractivity contribution in [1.82, 2.24) is 9.62 Å². The van der Waals surface area contributed by atoms with E-state index < -0.39 is 44.3 Å². The Kier molecular flexibility index (Phi) is 4.50. The SMILES string of the molecule is CN(C)S(=O)(=O)c1c(Cl)ccc(NC2C(=O)C(=O)C2NC2(C3CC3)CC2)c1O. The second-order valence-corrected chi connectivity index (χ2v) is 10.5. The monoisotopic (exact) mass is 427 g/mol. The van der Waals surface area contributed by atoms with Gasteiger partial charge in [-0.3, -0.25) is 14.9 Å². The Morgan fingerprint density at radius 1 is 1.14 bits per heavy atom. The maximum absolute atomic E-state index is 12.5. The minimum Gasteiger partial charge on any atom is -0.504 e. The molecule has 0 saturated heterocycles. The van der Waals surface area contributed by atoms with Crippen LogP contribution >= 0.6 is 11.6 Å². The average molecular weight is 428 g/mol. The summed E-state index contributed by atoms with van der Waals surface area (Å²) in [6, 6.07) is 1.19. The molecule has 3 aliphatic rings. The lowest BCUT2D eigenvalue weighted by molar-refractivity contribution is -0.146. The van der Waals surface area contributed by atoms with E-state index in [1.807, 2.05) is 0 Å². The van der Waals surface area contributed by atoms with E-state index in [-0.39, 0.29) is 16.2 Å². The van der Waals surface area contributed by atoms with Crippen LogP contribution in [-0.2, 0) is 19.6 Å². The molecule has 3 N–H and O–H groups in total. The molecule has 0 bridgehead atoms. The zero-order valence-corrected chi connectivity index (χ0v) is 17.1. The molecule has 0 heterocycles. The van der Waals surface area contributed by atoms with E-state index in [1.165, 1.54) is 26.2 Å². The van der Waals surface area contributed by atoms with Crippen molar-refractivity contribution >= 4 is 38.9 Å². The first-order chi connectivity index (χ1) is 13.1. The summed E-state index contributed by atoms with van der Waals surface area (Å²) in [6.45, 7) is 0. The number of Topliss-reactive ketones (excluding diaryl/α,β-unsaturated/α-hetero) is 2. The topological polar surface area (TPSA) is 116 Å². The van der Waals surface area contributed by atoms with E-state index in [0.717, 1.165) is 30.0 Å². The lowest BCUT2D eigenvalue weighted by atomic mass is 9.81. The van der Waals surface area contributed by atoms with E-state index in [1.54, 1.807) is 0 Å². The summed E-state index contributed by atoms with van der Waals surface area (Å²) in [6.07, 6.45) is 4.23. The molecule has 1 aromatic rings. The standard InChI is InChI=1S/C18H22ClN3O5S/c1-22(2)28(26,27)17-10(19)5-6-11(14(17)23)20-12-13(16(25)15(12)24)21-18(7-8-18)9-3-4-9/h5-6,9,12-13,20-21,23H,3-4,7-8H2,1-2H3. The molecule has 2 unspecified atom stereocenters. The number of phenols is 1. The molecule has 0 amide bonds. The summed E-state index contributed by atoms with van der Waals surface area (Å²) in [4.78, 5) is 23.8. The van der Waals surface area contributed by atoms with Gasteiger partial charge in [0.2, 0.25) is 21.6 Å². The number of hydrogen-bond acceptors (Lipinski definition) is 7. The third-order valence-electron chi connectivity index (χ3n) is 5.86. The molecule has 3 fully saturated rings. The molecule has 3 saturated carbocycles. The van der Waals surface area contributed by atoms with Crippen molar-refractivity contribution in [2.45, 2.75) is 48.2 Å². The van der Waals surface area contributed by atoms with Gasteiger partial charge in [-0.1, -0.05) is 11.6 Å². The highest BCUT2D eigenvalue weighted by Crippen LogP contribution is 2.54. The molecule has 0 radical (unpaired) electrons. The van der Waals surface area contributed by atoms with Crippen molar-refractivity contribution in [2.24, 2.45) is 5.92 Å². The normalized spacial score (nSPS) is 26.3. The molecule has 0 spiro atoms. The number of anilines is 1. The zero-order valence-electron chi connectivity index (χ0n) is 15.5. The molecular formula is C18H22ClN3O5S. The van der Waals surface area contributed by atoms with Crippen LogP contribution in [0.25, 0.3) is 0 Å². The maximum atomic E-state index is 12.5.